The third kappa shape index (κ3) is 1.30. The van der Waals surface area contributed by atoms with Gasteiger partial charge in [-0.3, -0.25) is 4.79 Å². The molecule has 1 heterocycles. The maximum atomic E-state index is 13.3. The Morgan fingerprint density at radius 2 is 2.31 bits per heavy atom. The van der Waals surface area contributed by atoms with E-state index in [1.165, 1.54) is 17.4 Å². The van der Waals surface area contributed by atoms with E-state index in [2.05, 4.69) is 15.9 Å². The summed E-state index contributed by atoms with van der Waals surface area (Å²) >= 11 is 4.68. The molecule has 0 amide bonds. The number of benzene rings is 1. The molecular weight excluding hydrogens is 255 g/mol. The Labute approximate surface area is 86.3 Å². The molecule has 1 aromatic heterocycles. The summed E-state index contributed by atoms with van der Waals surface area (Å²) in [6.45, 7) is 0. The number of thiophene rings is 1. The van der Waals surface area contributed by atoms with Crippen molar-refractivity contribution < 1.29 is 9.18 Å². The Morgan fingerprint density at radius 3 is 3.00 bits per heavy atom. The van der Waals surface area contributed by atoms with Crippen molar-refractivity contribution in [3.63, 3.8) is 0 Å². The number of hydrogen-bond donors (Lipinski definition) is 0. The molecule has 0 aliphatic carbocycles. The lowest BCUT2D eigenvalue weighted by molar-refractivity contribution is 0.112. The zero-order chi connectivity index (χ0) is 9.42. The molecule has 0 bridgehead atoms. The van der Waals surface area contributed by atoms with Crippen molar-refractivity contribution in [2.24, 2.45) is 0 Å². The average molecular weight is 259 g/mol. The lowest BCUT2D eigenvalue weighted by Gasteiger charge is -1.99. The molecule has 0 N–H and O–H groups in total. The van der Waals surface area contributed by atoms with Crippen LogP contribution in [0.1, 0.15) is 10.4 Å². The zero-order valence-corrected chi connectivity index (χ0v) is 8.78. The Balaban J connectivity index is 2.93. The van der Waals surface area contributed by atoms with E-state index in [1.807, 2.05) is 0 Å². The van der Waals surface area contributed by atoms with Gasteiger partial charge in [-0.05, 0) is 33.4 Å². The van der Waals surface area contributed by atoms with Gasteiger partial charge in [-0.1, -0.05) is 0 Å². The molecule has 1 nitrogen and oxygen atoms in total. The standard InChI is InChI=1S/C9H4BrFOS/c10-8-5(4-12)3-7(11)6-1-2-13-9(6)8/h1-4H. The summed E-state index contributed by atoms with van der Waals surface area (Å²) in [4.78, 5) is 10.6. The highest BCUT2D eigenvalue weighted by molar-refractivity contribution is 9.10. The Kier molecular flexibility index (Phi) is 2.17. The van der Waals surface area contributed by atoms with Gasteiger partial charge in [-0.15, -0.1) is 11.3 Å². The number of carbonyl (C=O) groups is 1. The number of halogens is 2. The van der Waals surface area contributed by atoms with Crippen LogP contribution in [0, 0.1) is 5.82 Å². The van der Waals surface area contributed by atoms with Gasteiger partial charge in [0.05, 0.1) is 4.70 Å². The van der Waals surface area contributed by atoms with Crippen LogP contribution >= 0.6 is 27.3 Å². The number of carbonyl (C=O) groups excluding carboxylic acids is 1. The lowest BCUT2D eigenvalue weighted by atomic mass is 10.2. The summed E-state index contributed by atoms with van der Waals surface area (Å²) < 4.78 is 14.7. The fourth-order valence-electron chi connectivity index (χ4n) is 1.16. The quantitative estimate of drug-likeness (QED) is 0.715. The number of aldehydes is 1. The molecular formula is C9H4BrFOS. The van der Waals surface area contributed by atoms with Crippen molar-refractivity contribution in [1.29, 1.82) is 0 Å². The maximum Gasteiger partial charge on any atom is 0.151 e. The fraction of sp³-hybridized carbons (Fsp3) is 0. The minimum atomic E-state index is -0.346. The second kappa shape index (κ2) is 3.20. The summed E-state index contributed by atoms with van der Waals surface area (Å²) in [5, 5.41) is 2.36. The molecule has 13 heavy (non-hydrogen) atoms. The molecule has 1 aromatic carbocycles. The van der Waals surface area contributed by atoms with Crippen molar-refractivity contribution in [2.75, 3.05) is 0 Å². The van der Waals surface area contributed by atoms with Crippen molar-refractivity contribution in [3.8, 4) is 0 Å². The van der Waals surface area contributed by atoms with E-state index in [9.17, 15) is 9.18 Å². The molecule has 0 aliphatic rings. The summed E-state index contributed by atoms with van der Waals surface area (Å²) in [6.07, 6.45) is 0.645. The molecule has 2 rings (SSSR count). The highest BCUT2D eigenvalue weighted by Gasteiger charge is 2.10. The average Bonchev–Trinajstić information content (AvgIpc) is 2.60. The van der Waals surface area contributed by atoms with E-state index < -0.39 is 0 Å². The van der Waals surface area contributed by atoms with Crippen LogP contribution in [0.5, 0.6) is 0 Å². The first kappa shape index (κ1) is 8.84. The van der Waals surface area contributed by atoms with Gasteiger partial charge in [0, 0.05) is 15.4 Å². The van der Waals surface area contributed by atoms with Gasteiger partial charge < -0.3 is 0 Å². The van der Waals surface area contributed by atoms with Crippen LogP contribution in [0.2, 0.25) is 0 Å². The predicted octanol–water partition coefficient (Wildman–Crippen LogP) is 3.62. The third-order valence-electron chi connectivity index (χ3n) is 1.78. The molecule has 0 unspecified atom stereocenters. The van der Waals surface area contributed by atoms with E-state index in [1.54, 1.807) is 11.4 Å². The van der Waals surface area contributed by atoms with Crippen molar-refractivity contribution in [2.45, 2.75) is 0 Å². The smallest absolute Gasteiger partial charge is 0.151 e. The highest BCUT2D eigenvalue weighted by atomic mass is 79.9. The number of rotatable bonds is 1. The van der Waals surface area contributed by atoms with Crippen LogP contribution in [0.3, 0.4) is 0 Å². The van der Waals surface area contributed by atoms with Crippen LogP contribution in [0.15, 0.2) is 22.0 Å². The summed E-state index contributed by atoms with van der Waals surface area (Å²) in [6, 6.07) is 2.95. The van der Waals surface area contributed by atoms with E-state index >= 15 is 0 Å². The molecule has 0 atom stereocenters. The van der Waals surface area contributed by atoms with E-state index in [0.717, 1.165) is 4.70 Å². The predicted molar refractivity (Wildman–Crippen MR) is 54.9 cm³/mol. The second-order valence-corrected chi connectivity index (χ2v) is 4.25. The molecule has 2 aromatic rings. The van der Waals surface area contributed by atoms with Crippen molar-refractivity contribution in [1.82, 2.24) is 0 Å². The first-order chi connectivity index (χ1) is 6.24. The van der Waals surface area contributed by atoms with Crippen LogP contribution in [0.4, 0.5) is 4.39 Å². The summed E-state index contributed by atoms with van der Waals surface area (Å²) in [7, 11) is 0. The first-order valence-electron chi connectivity index (χ1n) is 3.54. The Hall–Kier alpha value is -0.740. The minimum absolute atomic E-state index is 0.346. The summed E-state index contributed by atoms with van der Waals surface area (Å²) in [5.41, 5.74) is 0.354. The molecule has 0 aliphatic heterocycles. The van der Waals surface area contributed by atoms with Gasteiger partial charge in [-0.25, -0.2) is 4.39 Å². The Morgan fingerprint density at radius 1 is 1.54 bits per heavy atom. The monoisotopic (exact) mass is 258 g/mol. The van der Waals surface area contributed by atoms with Gasteiger partial charge in [0.25, 0.3) is 0 Å². The van der Waals surface area contributed by atoms with Crippen LogP contribution in [-0.4, -0.2) is 6.29 Å². The summed E-state index contributed by atoms with van der Waals surface area (Å²) in [5.74, 6) is -0.346. The number of fused-ring (bicyclic) bond motifs is 1. The second-order valence-electron chi connectivity index (χ2n) is 2.54. The Bertz CT molecular complexity index is 478. The lowest BCUT2D eigenvalue weighted by Crippen LogP contribution is -1.85. The van der Waals surface area contributed by atoms with Crippen LogP contribution < -0.4 is 0 Å². The van der Waals surface area contributed by atoms with Crippen molar-refractivity contribution in [3.05, 3.63) is 33.4 Å². The van der Waals surface area contributed by atoms with E-state index in [-0.39, 0.29) is 5.82 Å². The molecule has 66 valence electrons. The normalized spacial score (nSPS) is 10.6. The van der Waals surface area contributed by atoms with Gasteiger partial charge in [-0.2, -0.15) is 0 Å². The van der Waals surface area contributed by atoms with Gasteiger partial charge in [0.15, 0.2) is 6.29 Å². The molecule has 0 fully saturated rings. The highest BCUT2D eigenvalue weighted by Crippen LogP contribution is 2.33. The van der Waals surface area contributed by atoms with Gasteiger partial charge in [0.2, 0.25) is 0 Å². The van der Waals surface area contributed by atoms with Crippen LogP contribution in [0.25, 0.3) is 10.1 Å². The molecule has 0 radical (unpaired) electrons. The SMILES string of the molecule is O=Cc1cc(F)c2ccsc2c1Br. The molecule has 0 spiro atoms. The van der Waals surface area contributed by atoms with E-state index in [0.29, 0.717) is 21.7 Å². The largest absolute Gasteiger partial charge is 0.298 e. The topological polar surface area (TPSA) is 17.1 Å². The van der Waals surface area contributed by atoms with Crippen molar-refractivity contribution >= 4 is 43.6 Å². The van der Waals surface area contributed by atoms with E-state index in [4.69, 9.17) is 0 Å². The fourth-order valence-corrected chi connectivity index (χ4v) is 2.72. The van der Waals surface area contributed by atoms with Gasteiger partial charge >= 0.3 is 0 Å². The molecule has 0 saturated heterocycles. The maximum absolute atomic E-state index is 13.3. The number of hydrogen-bond acceptors (Lipinski definition) is 2. The van der Waals surface area contributed by atoms with Gasteiger partial charge in [0.1, 0.15) is 5.82 Å². The zero-order valence-electron chi connectivity index (χ0n) is 6.38. The van der Waals surface area contributed by atoms with Crippen LogP contribution in [-0.2, 0) is 0 Å². The molecule has 4 heteroatoms. The minimum Gasteiger partial charge on any atom is -0.298 e. The third-order valence-corrected chi connectivity index (χ3v) is 3.83. The first-order valence-corrected chi connectivity index (χ1v) is 5.21. The molecule has 0 saturated carbocycles.